The van der Waals surface area contributed by atoms with Gasteiger partial charge in [0.2, 0.25) is 0 Å². The molecular formula is C32H36ClNS. The van der Waals surface area contributed by atoms with Gasteiger partial charge in [-0.3, -0.25) is 0 Å². The van der Waals surface area contributed by atoms with Gasteiger partial charge in [-0.25, -0.2) is 4.98 Å². The van der Waals surface area contributed by atoms with Crippen LogP contribution >= 0.6 is 22.9 Å². The van der Waals surface area contributed by atoms with E-state index in [1.165, 1.54) is 37.4 Å². The SMILES string of the molecule is CC.CCC(C)=C/C=C\c1c(C)sc2c(-c3ccccc3)cc(-c3cc(Cl)cc(C(C)C)c3)nc12. The molecule has 0 N–H and O–H groups in total. The molecular weight excluding hydrogens is 466 g/mol. The van der Waals surface area contributed by atoms with Gasteiger partial charge < -0.3 is 0 Å². The Labute approximate surface area is 220 Å². The molecule has 4 aromatic rings. The number of halogens is 1. The summed E-state index contributed by atoms with van der Waals surface area (Å²) in [5.41, 5.74) is 9.28. The highest BCUT2D eigenvalue weighted by molar-refractivity contribution is 7.19. The van der Waals surface area contributed by atoms with E-state index >= 15 is 0 Å². The lowest BCUT2D eigenvalue weighted by molar-refractivity contribution is 0.867. The van der Waals surface area contributed by atoms with Crippen LogP contribution in [-0.2, 0) is 0 Å². The molecule has 0 saturated carbocycles. The van der Waals surface area contributed by atoms with Crippen molar-refractivity contribution in [2.75, 3.05) is 0 Å². The van der Waals surface area contributed by atoms with Gasteiger partial charge in [0.05, 0.1) is 15.9 Å². The van der Waals surface area contributed by atoms with Crippen molar-refractivity contribution in [2.24, 2.45) is 0 Å². The number of thiophene rings is 1. The van der Waals surface area contributed by atoms with E-state index in [0.717, 1.165) is 28.2 Å². The van der Waals surface area contributed by atoms with Crippen molar-refractivity contribution in [3.05, 3.63) is 93.3 Å². The van der Waals surface area contributed by atoms with E-state index in [1.807, 2.05) is 31.3 Å². The molecule has 0 amide bonds. The number of hydrogen-bond donors (Lipinski definition) is 0. The molecule has 35 heavy (non-hydrogen) atoms. The summed E-state index contributed by atoms with van der Waals surface area (Å²) in [5, 5.41) is 0.751. The largest absolute Gasteiger partial charge is 0.246 e. The molecule has 0 unspecified atom stereocenters. The zero-order valence-corrected chi connectivity index (χ0v) is 23.5. The predicted octanol–water partition coefficient (Wildman–Crippen LogP) is 11.1. The lowest BCUT2D eigenvalue weighted by Crippen LogP contribution is -1.92. The van der Waals surface area contributed by atoms with Gasteiger partial charge in [0.25, 0.3) is 0 Å². The first-order valence-electron chi connectivity index (χ1n) is 12.5. The van der Waals surface area contributed by atoms with Gasteiger partial charge in [0.15, 0.2) is 0 Å². The van der Waals surface area contributed by atoms with E-state index in [2.05, 4.69) is 101 Å². The summed E-state index contributed by atoms with van der Waals surface area (Å²) in [4.78, 5) is 6.47. The lowest BCUT2D eigenvalue weighted by Gasteiger charge is -2.12. The minimum atomic E-state index is 0.398. The van der Waals surface area contributed by atoms with Crippen LogP contribution in [0.1, 0.15) is 69.9 Å². The van der Waals surface area contributed by atoms with Crippen LogP contribution in [-0.4, -0.2) is 4.98 Å². The third kappa shape index (κ3) is 6.31. The van der Waals surface area contributed by atoms with Gasteiger partial charge in [-0.05, 0) is 61.6 Å². The third-order valence-corrected chi connectivity index (χ3v) is 7.39. The Kier molecular flexibility index (Phi) is 9.48. The highest BCUT2D eigenvalue weighted by Crippen LogP contribution is 2.40. The van der Waals surface area contributed by atoms with E-state index in [-0.39, 0.29) is 0 Å². The predicted molar refractivity (Wildman–Crippen MR) is 159 cm³/mol. The van der Waals surface area contributed by atoms with Crippen LogP contribution in [0.15, 0.2) is 72.3 Å². The number of rotatable bonds is 6. The van der Waals surface area contributed by atoms with Crippen molar-refractivity contribution in [2.45, 2.75) is 60.8 Å². The Balaban J connectivity index is 0.00000167. The van der Waals surface area contributed by atoms with Crippen molar-refractivity contribution >= 4 is 39.2 Å². The molecule has 2 heterocycles. The summed E-state index contributed by atoms with van der Waals surface area (Å²) in [6, 6.07) is 19.1. The van der Waals surface area contributed by atoms with Crippen molar-refractivity contribution < 1.29 is 0 Å². The summed E-state index contributed by atoms with van der Waals surface area (Å²) in [5.74, 6) is 0.398. The van der Waals surface area contributed by atoms with Crippen LogP contribution < -0.4 is 0 Å². The quantitative estimate of drug-likeness (QED) is 0.239. The average Bonchev–Trinajstić information content (AvgIpc) is 3.19. The Morgan fingerprint density at radius 1 is 1.03 bits per heavy atom. The zero-order valence-electron chi connectivity index (χ0n) is 21.9. The molecule has 0 atom stereocenters. The fourth-order valence-corrected chi connectivity index (χ4v) is 5.25. The molecule has 0 aliphatic carbocycles. The smallest absolute Gasteiger partial charge is 0.0898 e. The zero-order chi connectivity index (χ0) is 25.5. The van der Waals surface area contributed by atoms with E-state index in [4.69, 9.17) is 16.6 Å². The van der Waals surface area contributed by atoms with E-state index in [0.29, 0.717) is 5.92 Å². The Hall–Kier alpha value is -2.68. The molecule has 1 nitrogen and oxygen atoms in total. The molecule has 0 spiro atoms. The van der Waals surface area contributed by atoms with Crippen LogP contribution in [0.25, 0.3) is 38.7 Å². The normalized spacial score (nSPS) is 11.9. The fourth-order valence-electron chi connectivity index (χ4n) is 3.89. The minimum absolute atomic E-state index is 0.398. The molecule has 2 aromatic heterocycles. The number of aromatic nitrogens is 1. The molecule has 0 fully saturated rings. The Bertz CT molecular complexity index is 1340. The average molecular weight is 502 g/mol. The molecule has 0 bridgehead atoms. The van der Waals surface area contributed by atoms with Gasteiger partial charge in [0.1, 0.15) is 0 Å². The maximum Gasteiger partial charge on any atom is 0.0898 e. The second-order valence-corrected chi connectivity index (χ2v) is 10.5. The maximum atomic E-state index is 6.52. The van der Waals surface area contributed by atoms with Crippen LogP contribution in [0, 0.1) is 6.92 Å². The first kappa shape index (κ1) is 26.9. The highest BCUT2D eigenvalue weighted by Gasteiger charge is 2.17. The fraction of sp³-hybridized carbons (Fsp3) is 0.281. The van der Waals surface area contributed by atoms with Gasteiger partial charge in [0, 0.05) is 26.6 Å². The van der Waals surface area contributed by atoms with E-state index in [1.54, 1.807) is 0 Å². The summed E-state index contributed by atoms with van der Waals surface area (Å²) < 4.78 is 1.23. The molecule has 0 saturated heterocycles. The van der Waals surface area contributed by atoms with Crippen LogP contribution in [0.3, 0.4) is 0 Å². The lowest BCUT2D eigenvalue weighted by atomic mass is 9.97. The third-order valence-electron chi connectivity index (χ3n) is 6.03. The standard InChI is InChI=1S/C30H30ClNS.C2H6/c1-6-20(4)11-10-14-26-21(5)33-30-27(22-12-8-7-9-13-22)18-28(32-29(26)30)24-15-23(19(2)3)16-25(31)17-24;1-2/h7-19H,6H2,1-5H3;1-2H3/b14-10-,20-11?;. The molecule has 4 rings (SSSR count). The first-order valence-corrected chi connectivity index (χ1v) is 13.7. The number of allylic oxidation sites excluding steroid dienone is 3. The van der Waals surface area contributed by atoms with E-state index < -0.39 is 0 Å². The van der Waals surface area contributed by atoms with Crippen LogP contribution in [0.5, 0.6) is 0 Å². The summed E-state index contributed by atoms with van der Waals surface area (Å²) >= 11 is 8.34. The first-order chi connectivity index (χ1) is 16.9. The molecule has 3 heteroatoms. The van der Waals surface area contributed by atoms with Crippen LogP contribution in [0.2, 0.25) is 5.02 Å². The van der Waals surface area contributed by atoms with Crippen LogP contribution in [0.4, 0.5) is 0 Å². The van der Waals surface area contributed by atoms with Crippen molar-refractivity contribution in [1.29, 1.82) is 0 Å². The second kappa shape index (κ2) is 12.3. The van der Waals surface area contributed by atoms with Gasteiger partial charge in [-0.1, -0.05) is 100 Å². The minimum Gasteiger partial charge on any atom is -0.246 e. The number of aryl methyl sites for hydroxylation is 1. The van der Waals surface area contributed by atoms with E-state index in [9.17, 15) is 0 Å². The molecule has 0 radical (unpaired) electrons. The molecule has 2 aromatic carbocycles. The molecule has 182 valence electrons. The summed E-state index contributed by atoms with van der Waals surface area (Å²) in [6.07, 6.45) is 7.61. The van der Waals surface area contributed by atoms with Gasteiger partial charge in [-0.15, -0.1) is 11.3 Å². The number of benzene rings is 2. The van der Waals surface area contributed by atoms with Crippen molar-refractivity contribution in [1.82, 2.24) is 4.98 Å². The van der Waals surface area contributed by atoms with Crippen molar-refractivity contribution in [3.63, 3.8) is 0 Å². The number of pyridine rings is 1. The van der Waals surface area contributed by atoms with Crippen molar-refractivity contribution in [3.8, 4) is 22.4 Å². The summed E-state index contributed by atoms with van der Waals surface area (Å²) in [7, 11) is 0. The maximum absolute atomic E-state index is 6.52. The Morgan fingerprint density at radius 2 is 1.74 bits per heavy atom. The summed E-state index contributed by atoms with van der Waals surface area (Å²) in [6.45, 7) is 14.9. The number of nitrogens with zero attached hydrogens (tertiary/aromatic N) is 1. The Morgan fingerprint density at radius 3 is 2.40 bits per heavy atom. The molecule has 0 aliphatic heterocycles. The molecule has 0 aliphatic rings. The number of hydrogen-bond acceptors (Lipinski definition) is 2. The van der Waals surface area contributed by atoms with Gasteiger partial charge >= 0.3 is 0 Å². The van der Waals surface area contributed by atoms with Gasteiger partial charge in [-0.2, -0.15) is 0 Å². The topological polar surface area (TPSA) is 12.9 Å². The highest BCUT2D eigenvalue weighted by atomic mass is 35.5. The number of fused-ring (bicyclic) bond motifs is 1. The monoisotopic (exact) mass is 501 g/mol. The second-order valence-electron chi connectivity index (χ2n) is 8.82.